The summed E-state index contributed by atoms with van der Waals surface area (Å²) in [5.74, 6) is 0.550. The van der Waals surface area contributed by atoms with Gasteiger partial charge < -0.3 is 5.73 Å². The fraction of sp³-hybridized carbons (Fsp3) is 0.100. The molecule has 4 nitrogen and oxygen atoms in total. The Morgan fingerprint density at radius 1 is 1.27 bits per heavy atom. The van der Waals surface area contributed by atoms with Crippen molar-refractivity contribution >= 4 is 15.9 Å². The molecule has 2 aromatic rings. The van der Waals surface area contributed by atoms with E-state index in [2.05, 4.69) is 31.1 Å². The quantitative estimate of drug-likeness (QED) is 0.898. The molecule has 0 aliphatic carbocycles. The summed E-state index contributed by atoms with van der Waals surface area (Å²) in [4.78, 5) is 4.09. The second kappa shape index (κ2) is 4.46. The minimum atomic E-state index is 0.311. The van der Waals surface area contributed by atoms with Gasteiger partial charge in [-0.3, -0.25) is 0 Å². The Kier molecular flexibility index (Phi) is 3.03. The molecule has 0 radical (unpaired) electrons. The van der Waals surface area contributed by atoms with Crippen molar-refractivity contribution in [2.45, 2.75) is 6.54 Å². The van der Waals surface area contributed by atoms with Gasteiger partial charge in [0.2, 0.25) is 0 Å². The molecule has 2 N–H and O–H groups in total. The normalized spacial score (nSPS) is 10.3. The number of hydrogen-bond donors (Lipinski definition) is 1. The Bertz CT molecular complexity index is 455. The predicted octanol–water partition coefficient (Wildman–Crippen LogP) is 1.76. The Hall–Kier alpha value is -1.33. The van der Waals surface area contributed by atoms with Crippen molar-refractivity contribution in [1.29, 1.82) is 0 Å². The van der Waals surface area contributed by atoms with E-state index >= 15 is 0 Å². The summed E-state index contributed by atoms with van der Waals surface area (Å²) in [5.41, 5.74) is 7.11. The zero-order valence-corrected chi connectivity index (χ0v) is 9.48. The second-order valence-electron chi connectivity index (χ2n) is 2.97. The van der Waals surface area contributed by atoms with Crippen LogP contribution in [-0.4, -0.2) is 15.2 Å². The van der Waals surface area contributed by atoms with Crippen molar-refractivity contribution in [1.82, 2.24) is 15.2 Å². The molecule has 5 heteroatoms. The van der Waals surface area contributed by atoms with Gasteiger partial charge in [-0.25, -0.2) is 4.98 Å². The lowest BCUT2D eigenvalue weighted by atomic mass is 10.2. The van der Waals surface area contributed by atoms with E-state index in [1.54, 1.807) is 6.20 Å². The van der Waals surface area contributed by atoms with Crippen LogP contribution in [0.5, 0.6) is 0 Å². The Labute approximate surface area is 95.7 Å². The molecule has 0 atom stereocenters. The van der Waals surface area contributed by atoms with Crippen LogP contribution in [0, 0.1) is 0 Å². The van der Waals surface area contributed by atoms with Gasteiger partial charge >= 0.3 is 0 Å². The van der Waals surface area contributed by atoms with E-state index in [-0.39, 0.29) is 0 Å². The molecule has 2 rings (SSSR count). The second-order valence-corrected chi connectivity index (χ2v) is 3.89. The molecule has 1 heterocycles. The van der Waals surface area contributed by atoms with E-state index in [9.17, 15) is 0 Å². The van der Waals surface area contributed by atoms with Gasteiger partial charge in [-0.2, -0.15) is 0 Å². The van der Waals surface area contributed by atoms with Crippen LogP contribution in [0.3, 0.4) is 0 Å². The van der Waals surface area contributed by atoms with Crippen LogP contribution in [0.15, 0.2) is 34.9 Å². The lowest BCUT2D eigenvalue weighted by molar-refractivity contribution is 0.835. The summed E-state index contributed by atoms with van der Waals surface area (Å²) in [6.45, 7) is 0.311. The molecule has 0 aliphatic rings. The lowest BCUT2D eigenvalue weighted by Crippen LogP contribution is -2.04. The molecule has 0 amide bonds. The minimum absolute atomic E-state index is 0.311. The maximum atomic E-state index is 5.39. The number of benzene rings is 1. The standard InChI is InChI=1S/C10H9BrN4/c11-8-3-1-2-7(4-8)9-6-13-10(5-12)15-14-9/h1-4,6H,5,12H2. The molecule has 0 aliphatic heterocycles. The first-order valence-corrected chi connectivity index (χ1v) is 5.23. The molecule has 1 aromatic heterocycles. The van der Waals surface area contributed by atoms with E-state index in [4.69, 9.17) is 5.73 Å². The zero-order chi connectivity index (χ0) is 10.7. The average molecular weight is 265 g/mol. The SMILES string of the molecule is NCc1ncc(-c2cccc(Br)c2)nn1. The zero-order valence-electron chi connectivity index (χ0n) is 7.89. The van der Waals surface area contributed by atoms with E-state index in [1.165, 1.54) is 0 Å². The highest BCUT2D eigenvalue weighted by Crippen LogP contribution is 2.19. The summed E-state index contributed by atoms with van der Waals surface area (Å²) in [5, 5.41) is 7.95. The van der Waals surface area contributed by atoms with Gasteiger partial charge in [0.05, 0.1) is 12.7 Å². The molecule has 0 unspecified atom stereocenters. The largest absolute Gasteiger partial charge is 0.324 e. The van der Waals surface area contributed by atoms with Gasteiger partial charge in [0, 0.05) is 10.0 Å². The number of halogens is 1. The average Bonchev–Trinajstić information content (AvgIpc) is 2.29. The van der Waals surface area contributed by atoms with Crippen LogP contribution in [-0.2, 0) is 6.54 Å². The fourth-order valence-electron chi connectivity index (χ4n) is 1.17. The number of hydrogen-bond acceptors (Lipinski definition) is 4. The molecule has 0 bridgehead atoms. The molecular weight excluding hydrogens is 256 g/mol. The molecule has 76 valence electrons. The van der Waals surface area contributed by atoms with Crippen LogP contribution < -0.4 is 5.73 Å². The molecule has 0 saturated carbocycles. The molecule has 1 aromatic carbocycles. The number of rotatable bonds is 2. The summed E-state index contributed by atoms with van der Waals surface area (Å²) < 4.78 is 1.00. The third kappa shape index (κ3) is 2.37. The van der Waals surface area contributed by atoms with Gasteiger partial charge in [0.15, 0.2) is 5.82 Å². The first kappa shape index (κ1) is 10.2. The molecule has 0 spiro atoms. The van der Waals surface area contributed by atoms with Crippen molar-refractivity contribution in [3.05, 3.63) is 40.8 Å². The molecule has 15 heavy (non-hydrogen) atoms. The first-order chi connectivity index (χ1) is 7.29. The van der Waals surface area contributed by atoms with Gasteiger partial charge in [0.1, 0.15) is 5.69 Å². The summed E-state index contributed by atoms with van der Waals surface area (Å²) in [6, 6.07) is 7.82. The Morgan fingerprint density at radius 2 is 2.13 bits per heavy atom. The van der Waals surface area contributed by atoms with E-state index in [0.717, 1.165) is 15.7 Å². The van der Waals surface area contributed by atoms with Crippen LogP contribution in [0.1, 0.15) is 5.82 Å². The van der Waals surface area contributed by atoms with Crippen LogP contribution in [0.2, 0.25) is 0 Å². The topological polar surface area (TPSA) is 64.7 Å². The Morgan fingerprint density at radius 3 is 2.73 bits per heavy atom. The van der Waals surface area contributed by atoms with Gasteiger partial charge in [0.25, 0.3) is 0 Å². The molecular formula is C10H9BrN4. The van der Waals surface area contributed by atoms with Crippen LogP contribution >= 0.6 is 15.9 Å². The van der Waals surface area contributed by atoms with Gasteiger partial charge in [-0.15, -0.1) is 10.2 Å². The highest BCUT2D eigenvalue weighted by molar-refractivity contribution is 9.10. The van der Waals surface area contributed by atoms with Gasteiger partial charge in [-0.1, -0.05) is 28.1 Å². The highest BCUT2D eigenvalue weighted by atomic mass is 79.9. The monoisotopic (exact) mass is 264 g/mol. The van der Waals surface area contributed by atoms with E-state index in [1.807, 2.05) is 24.3 Å². The first-order valence-electron chi connectivity index (χ1n) is 4.44. The van der Waals surface area contributed by atoms with E-state index < -0.39 is 0 Å². The summed E-state index contributed by atoms with van der Waals surface area (Å²) >= 11 is 3.40. The van der Waals surface area contributed by atoms with E-state index in [0.29, 0.717) is 12.4 Å². The number of aromatic nitrogens is 3. The van der Waals surface area contributed by atoms with Crippen molar-refractivity contribution in [3.63, 3.8) is 0 Å². The molecule has 0 fully saturated rings. The summed E-state index contributed by atoms with van der Waals surface area (Å²) in [6.07, 6.45) is 1.68. The third-order valence-corrected chi connectivity index (χ3v) is 2.41. The summed E-state index contributed by atoms with van der Waals surface area (Å²) in [7, 11) is 0. The van der Waals surface area contributed by atoms with Crippen molar-refractivity contribution < 1.29 is 0 Å². The maximum Gasteiger partial charge on any atom is 0.164 e. The van der Waals surface area contributed by atoms with Crippen molar-refractivity contribution in [2.75, 3.05) is 0 Å². The lowest BCUT2D eigenvalue weighted by Gasteiger charge is -2.00. The highest BCUT2D eigenvalue weighted by Gasteiger charge is 2.01. The molecule has 0 saturated heterocycles. The van der Waals surface area contributed by atoms with Gasteiger partial charge in [-0.05, 0) is 12.1 Å². The third-order valence-electron chi connectivity index (χ3n) is 1.91. The minimum Gasteiger partial charge on any atom is -0.324 e. The van der Waals surface area contributed by atoms with Crippen molar-refractivity contribution in [2.24, 2.45) is 5.73 Å². The van der Waals surface area contributed by atoms with Crippen LogP contribution in [0.4, 0.5) is 0 Å². The number of nitrogens with zero attached hydrogens (tertiary/aromatic N) is 3. The predicted molar refractivity (Wildman–Crippen MR) is 60.9 cm³/mol. The smallest absolute Gasteiger partial charge is 0.164 e. The Balaban J connectivity index is 2.37. The van der Waals surface area contributed by atoms with Crippen LogP contribution in [0.25, 0.3) is 11.3 Å². The van der Waals surface area contributed by atoms with Crippen molar-refractivity contribution in [3.8, 4) is 11.3 Å². The number of nitrogens with two attached hydrogens (primary N) is 1. The maximum absolute atomic E-state index is 5.39. The fourth-order valence-corrected chi connectivity index (χ4v) is 1.57.